The van der Waals surface area contributed by atoms with Crippen molar-refractivity contribution in [2.24, 2.45) is 0 Å². The molecule has 1 atom stereocenters. The molecule has 18 heavy (non-hydrogen) atoms. The molecule has 0 bridgehead atoms. The van der Waals surface area contributed by atoms with Crippen LogP contribution < -0.4 is 0 Å². The van der Waals surface area contributed by atoms with Crippen molar-refractivity contribution >= 4 is 5.97 Å². The minimum atomic E-state index is -0.771. The standard InChI is InChI=1S/C14H23NO3/c1-10-6-7-12(18-10)11(2)15(14(3,4)5)9-8-13(16)17/h6-7,11H,8-9H2,1-5H3,(H,16,17). The summed E-state index contributed by atoms with van der Waals surface area (Å²) in [5.74, 6) is 0.990. The molecule has 0 saturated heterocycles. The second-order valence-corrected chi connectivity index (χ2v) is 5.63. The highest BCUT2D eigenvalue weighted by Crippen LogP contribution is 2.29. The number of carbonyl (C=O) groups is 1. The molecule has 0 aliphatic heterocycles. The largest absolute Gasteiger partial charge is 0.481 e. The Labute approximate surface area is 109 Å². The van der Waals surface area contributed by atoms with Crippen LogP contribution >= 0.6 is 0 Å². The minimum Gasteiger partial charge on any atom is -0.481 e. The molecule has 1 heterocycles. The SMILES string of the molecule is Cc1ccc(C(C)N(CCC(=O)O)C(C)(C)C)o1. The van der Waals surface area contributed by atoms with Gasteiger partial charge in [-0.25, -0.2) is 0 Å². The third-order valence-electron chi connectivity index (χ3n) is 3.07. The summed E-state index contributed by atoms with van der Waals surface area (Å²) in [7, 11) is 0. The van der Waals surface area contributed by atoms with Gasteiger partial charge < -0.3 is 9.52 Å². The van der Waals surface area contributed by atoms with Crippen molar-refractivity contribution in [2.75, 3.05) is 6.54 Å². The zero-order valence-corrected chi connectivity index (χ0v) is 11.9. The van der Waals surface area contributed by atoms with Gasteiger partial charge in [0.1, 0.15) is 11.5 Å². The molecule has 0 fully saturated rings. The van der Waals surface area contributed by atoms with Gasteiger partial charge in [0.25, 0.3) is 0 Å². The number of nitrogens with zero attached hydrogens (tertiary/aromatic N) is 1. The molecule has 0 spiro atoms. The zero-order chi connectivity index (χ0) is 13.9. The number of carboxylic acids is 1. The number of hydrogen-bond donors (Lipinski definition) is 1. The molecule has 4 nitrogen and oxygen atoms in total. The molecule has 4 heteroatoms. The van der Waals surface area contributed by atoms with Crippen LogP contribution in [0.1, 0.15) is 51.7 Å². The lowest BCUT2D eigenvalue weighted by Gasteiger charge is -2.39. The summed E-state index contributed by atoms with van der Waals surface area (Å²) in [6.07, 6.45) is 0.140. The average Bonchev–Trinajstić information content (AvgIpc) is 2.62. The van der Waals surface area contributed by atoms with Crippen molar-refractivity contribution in [3.8, 4) is 0 Å². The Bertz CT molecular complexity index is 403. The molecule has 102 valence electrons. The first-order valence-corrected chi connectivity index (χ1v) is 6.26. The summed E-state index contributed by atoms with van der Waals surface area (Å²) in [5, 5.41) is 8.83. The van der Waals surface area contributed by atoms with Gasteiger partial charge in [-0.3, -0.25) is 9.69 Å². The Balaban J connectivity index is 2.85. The van der Waals surface area contributed by atoms with Crippen molar-refractivity contribution in [3.05, 3.63) is 23.7 Å². The molecule has 1 rings (SSSR count). The maximum Gasteiger partial charge on any atom is 0.304 e. The van der Waals surface area contributed by atoms with Crippen LogP contribution in [0, 0.1) is 6.92 Å². The van der Waals surface area contributed by atoms with Crippen LogP contribution in [-0.2, 0) is 4.79 Å². The predicted molar refractivity (Wildman–Crippen MR) is 70.6 cm³/mol. The molecular formula is C14H23NO3. The smallest absolute Gasteiger partial charge is 0.304 e. The molecule has 0 amide bonds. The fraction of sp³-hybridized carbons (Fsp3) is 0.643. The quantitative estimate of drug-likeness (QED) is 0.875. The third-order valence-corrected chi connectivity index (χ3v) is 3.07. The highest BCUT2D eigenvalue weighted by molar-refractivity contribution is 5.66. The lowest BCUT2D eigenvalue weighted by atomic mass is 10.0. The summed E-state index contributed by atoms with van der Waals surface area (Å²) in [6, 6.07) is 3.96. The van der Waals surface area contributed by atoms with E-state index in [4.69, 9.17) is 9.52 Å². The van der Waals surface area contributed by atoms with Crippen LogP contribution in [-0.4, -0.2) is 28.1 Å². The maximum atomic E-state index is 10.7. The van der Waals surface area contributed by atoms with E-state index in [-0.39, 0.29) is 18.0 Å². The molecule has 0 aliphatic rings. The van der Waals surface area contributed by atoms with E-state index >= 15 is 0 Å². The van der Waals surface area contributed by atoms with E-state index in [9.17, 15) is 4.79 Å². The molecule has 1 aromatic heterocycles. The monoisotopic (exact) mass is 253 g/mol. The molecule has 0 aliphatic carbocycles. The molecule has 0 saturated carbocycles. The first-order chi connectivity index (χ1) is 8.21. The Hall–Kier alpha value is -1.29. The predicted octanol–water partition coefficient (Wildman–Crippen LogP) is 3.22. The van der Waals surface area contributed by atoms with Gasteiger partial charge in [0.15, 0.2) is 0 Å². The van der Waals surface area contributed by atoms with Crippen molar-refractivity contribution in [3.63, 3.8) is 0 Å². The van der Waals surface area contributed by atoms with Crippen LogP contribution in [0.4, 0.5) is 0 Å². The van der Waals surface area contributed by atoms with Gasteiger partial charge >= 0.3 is 5.97 Å². The maximum absolute atomic E-state index is 10.7. The first kappa shape index (κ1) is 14.8. The minimum absolute atomic E-state index is 0.0676. The lowest BCUT2D eigenvalue weighted by Crippen LogP contribution is -2.44. The van der Waals surface area contributed by atoms with Gasteiger partial charge in [-0.2, -0.15) is 0 Å². The van der Waals surface area contributed by atoms with Crippen molar-refractivity contribution in [1.29, 1.82) is 0 Å². The van der Waals surface area contributed by atoms with E-state index in [1.807, 2.05) is 26.0 Å². The number of rotatable bonds is 5. The lowest BCUT2D eigenvalue weighted by molar-refractivity contribution is -0.137. The van der Waals surface area contributed by atoms with Crippen molar-refractivity contribution in [1.82, 2.24) is 4.90 Å². The van der Waals surface area contributed by atoms with E-state index in [0.29, 0.717) is 6.54 Å². The summed E-state index contributed by atoms with van der Waals surface area (Å²) < 4.78 is 5.64. The fourth-order valence-corrected chi connectivity index (χ4v) is 2.16. The fourth-order valence-electron chi connectivity index (χ4n) is 2.16. The molecule has 0 aromatic carbocycles. The van der Waals surface area contributed by atoms with Gasteiger partial charge in [-0.05, 0) is 46.8 Å². The van der Waals surface area contributed by atoms with E-state index in [1.165, 1.54) is 0 Å². The zero-order valence-electron chi connectivity index (χ0n) is 11.9. The summed E-state index contributed by atoms with van der Waals surface area (Å²) in [4.78, 5) is 12.9. The Morgan fingerprint density at radius 1 is 1.44 bits per heavy atom. The number of carboxylic acid groups (broad SMARTS) is 1. The molecular weight excluding hydrogens is 230 g/mol. The third kappa shape index (κ3) is 3.88. The molecule has 1 aromatic rings. The summed E-state index contributed by atoms with van der Waals surface area (Å²) in [6.45, 7) is 10.7. The molecule has 1 unspecified atom stereocenters. The molecule has 0 radical (unpaired) electrons. The highest BCUT2D eigenvalue weighted by atomic mass is 16.4. The van der Waals surface area contributed by atoms with Crippen LogP contribution in [0.5, 0.6) is 0 Å². The number of aryl methyl sites for hydroxylation is 1. The van der Waals surface area contributed by atoms with E-state index in [1.54, 1.807) is 0 Å². The molecule has 1 N–H and O–H groups in total. The summed E-state index contributed by atoms with van der Waals surface area (Å²) >= 11 is 0. The van der Waals surface area contributed by atoms with Crippen molar-refractivity contribution in [2.45, 2.75) is 52.6 Å². The second kappa shape index (κ2) is 5.57. The van der Waals surface area contributed by atoms with Gasteiger partial charge in [0.05, 0.1) is 12.5 Å². The van der Waals surface area contributed by atoms with Crippen molar-refractivity contribution < 1.29 is 14.3 Å². The number of hydrogen-bond acceptors (Lipinski definition) is 3. The topological polar surface area (TPSA) is 53.7 Å². The normalized spacial score (nSPS) is 13.9. The van der Waals surface area contributed by atoms with Gasteiger partial charge in [0, 0.05) is 12.1 Å². The second-order valence-electron chi connectivity index (χ2n) is 5.63. The van der Waals surface area contributed by atoms with Crippen LogP contribution in [0.15, 0.2) is 16.5 Å². The Morgan fingerprint density at radius 2 is 2.06 bits per heavy atom. The van der Waals surface area contributed by atoms with Crippen LogP contribution in [0.3, 0.4) is 0 Å². The Morgan fingerprint density at radius 3 is 2.44 bits per heavy atom. The van der Waals surface area contributed by atoms with E-state index in [2.05, 4.69) is 25.7 Å². The average molecular weight is 253 g/mol. The van der Waals surface area contributed by atoms with Gasteiger partial charge in [-0.15, -0.1) is 0 Å². The van der Waals surface area contributed by atoms with Gasteiger partial charge in [0.2, 0.25) is 0 Å². The first-order valence-electron chi connectivity index (χ1n) is 6.26. The highest BCUT2D eigenvalue weighted by Gasteiger charge is 2.29. The number of furan rings is 1. The van der Waals surface area contributed by atoms with E-state index < -0.39 is 5.97 Å². The summed E-state index contributed by atoms with van der Waals surface area (Å²) in [5.41, 5.74) is -0.102. The van der Waals surface area contributed by atoms with E-state index in [0.717, 1.165) is 11.5 Å². The van der Waals surface area contributed by atoms with Crippen LogP contribution in [0.2, 0.25) is 0 Å². The van der Waals surface area contributed by atoms with Crippen LogP contribution in [0.25, 0.3) is 0 Å². The van der Waals surface area contributed by atoms with Gasteiger partial charge in [-0.1, -0.05) is 0 Å². The number of aliphatic carboxylic acids is 1. The Kier molecular flexibility index (Phi) is 4.57.